The van der Waals surface area contributed by atoms with Gasteiger partial charge in [0.05, 0.1) is 12.2 Å². The Kier molecular flexibility index (Phi) is 4.81. The zero-order chi connectivity index (χ0) is 13.7. The van der Waals surface area contributed by atoms with Crippen molar-refractivity contribution in [3.8, 4) is 5.75 Å². The maximum absolute atomic E-state index is 10.7. The van der Waals surface area contributed by atoms with E-state index in [2.05, 4.69) is 4.98 Å². The summed E-state index contributed by atoms with van der Waals surface area (Å²) in [5.41, 5.74) is 1.30. The van der Waals surface area contributed by atoms with Crippen LogP contribution < -0.4 is 4.74 Å². The quantitative estimate of drug-likeness (QED) is 0.654. The van der Waals surface area contributed by atoms with Crippen molar-refractivity contribution in [1.29, 1.82) is 0 Å². The van der Waals surface area contributed by atoms with Crippen molar-refractivity contribution in [2.75, 3.05) is 12.4 Å². The first kappa shape index (κ1) is 13.9. The molecule has 0 fully saturated rings. The van der Waals surface area contributed by atoms with Gasteiger partial charge in [-0.15, -0.1) is 11.3 Å². The van der Waals surface area contributed by atoms with E-state index in [4.69, 9.17) is 9.84 Å². The number of thioether (sulfide) groups is 1. The standard InChI is InChI=1S/C13H13NO3S2/c1-9-8-19-13(14-9)18-7-6-17-11-4-2-10(3-5-11)12(15)16/h2-5,8H,6-7H2,1H3,(H,15,16). The number of nitrogens with zero attached hydrogens (tertiary/aromatic N) is 1. The predicted octanol–water partition coefficient (Wildman–Crippen LogP) is 3.32. The summed E-state index contributed by atoms with van der Waals surface area (Å²) >= 11 is 3.29. The first-order chi connectivity index (χ1) is 9.15. The fraction of sp³-hybridized carbons (Fsp3) is 0.231. The number of aromatic carboxylic acids is 1. The molecule has 6 heteroatoms. The molecule has 0 aliphatic heterocycles. The molecule has 1 N–H and O–H groups in total. The largest absolute Gasteiger partial charge is 0.493 e. The lowest BCUT2D eigenvalue weighted by Crippen LogP contribution is -2.01. The van der Waals surface area contributed by atoms with Crippen molar-refractivity contribution in [1.82, 2.24) is 4.98 Å². The molecule has 4 nitrogen and oxygen atoms in total. The zero-order valence-corrected chi connectivity index (χ0v) is 12.0. The van der Waals surface area contributed by atoms with Crippen molar-refractivity contribution in [3.63, 3.8) is 0 Å². The van der Waals surface area contributed by atoms with E-state index in [9.17, 15) is 4.79 Å². The SMILES string of the molecule is Cc1csc(SCCOc2ccc(C(=O)O)cc2)n1. The monoisotopic (exact) mass is 295 g/mol. The number of benzene rings is 1. The highest BCUT2D eigenvalue weighted by molar-refractivity contribution is 8.01. The van der Waals surface area contributed by atoms with Crippen LogP contribution in [0.4, 0.5) is 0 Å². The second-order valence-corrected chi connectivity index (χ2v) is 5.98. The maximum Gasteiger partial charge on any atom is 0.335 e. The van der Waals surface area contributed by atoms with Crippen molar-refractivity contribution >= 4 is 29.1 Å². The van der Waals surface area contributed by atoms with Gasteiger partial charge < -0.3 is 9.84 Å². The predicted molar refractivity (Wildman–Crippen MR) is 76.5 cm³/mol. The number of ether oxygens (including phenoxy) is 1. The molecule has 0 saturated heterocycles. The zero-order valence-electron chi connectivity index (χ0n) is 10.3. The summed E-state index contributed by atoms with van der Waals surface area (Å²) in [5.74, 6) is 0.565. The van der Waals surface area contributed by atoms with Gasteiger partial charge in [0.15, 0.2) is 0 Å². The van der Waals surface area contributed by atoms with Crippen LogP contribution in [0.15, 0.2) is 34.0 Å². The molecule has 1 heterocycles. The smallest absolute Gasteiger partial charge is 0.335 e. The van der Waals surface area contributed by atoms with Gasteiger partial charge in [-0.3, -0.25) is 0 Å². The number of aromatic nitrogens is 1. The third-order valence-corrected chi connectivity index (χ3v) is 4.38. The molecule has 0 saturated carbocycles. The molecule has 0 aliphatic rings. The van der Waals surface area contributed by atoms with E-state index < -0.39 is 5.97 Å². The number of thiazole rings is 1. The normalized spacial score (nSPS) is 10.4. The fourth-order valence-corrected chi connectivity index (χ4v) is 3.12. The molecule has 0 unspecified atom stereocenters. The van der Waals surface area contributed by atoms with E-state index in [1.807, 2.05) is 12.3 Å². The van der Waals surface area contributed by atoms with Crippen molar-refractivity contribution in [3.05, 3.63) is 40.9 Å². The Labute approximate surface area is 119 Å². The lowest BCUT2D eigenvalue weighted by Gasteiger charge is -2.05. The van der Waals surface area contributed by atoms with Crippen LogP contribution >= 0.6 is 23.1 Å². The average molecular weight is 295 g/mol. The topological polar surface area (TPSA) is 59.4 Å². The molecule has 0 spiro atoms. The molecule has 0 aliphatic carbocycles. The van der Waals surface area contributed by atoms with Crippen LogP contribution in [0.2, 0.25) is 0 Å². The number of carboxylic acid groups (broad SMARTS) is 1. The highest BCUT2D eigenvalue weighted by Gasteiger charge is 2.03. The number of hydrogen-bond acceptors (Lipinski definition) is 5. The third-order valence-electron chi connectivity index (χ3n) is 2.28. The van der Waals surface area contributed by atoms with Crippen molar-refractivity contribution in [2.24, 2.45) is 0 Å². The van der Waals surface area contributed by atoms with Gasteiger partial charge in [0, 0.05) is 16.8 Å². The first-order valence-electron chi connectivity index (χ1n) is 5.66. The van der Waals surface area contributed by atoms with Crippen molar-refractivity contribution in [2.45, 2.75) is 11.3 Å². The Morgan fingerprint density at radius 1 is 1.42 bits per heavy atom. The molecule has 0 bridgehead atoms. The van der Waals surface area contributed by atoms with Gasteiger partial charge in [0.25, 0.3) is 0 Å². The summed E-state index contributed by atoms with van der Waals surface area (Å²) in [6.07, 6.45) is 0. The summed E-state index contributed by atoms with van der Waals surface area (Å²) in [5, 5.41) is 10.8. The highest BCUT2D eigenvalue weighted by Crippen LogP contribution is 2.22. The van der Waals surface area contributed by atoms with Gasteiger partial charge in [-0.05, 0) is 31.2 Å². The lowest BCUT2D eigenvalue weighted by molar-refractivity contribution is 0.0697. The number of hydrogen-bond donors (Lipinski definition) is 1. The van der Waals surface area contributed by atoms with Crippen LogP contribution in [0, 0.1) is 6.92 Å². The molecule has 2 rings (SSSR count). The second-order valence-electron chi connectivity index (χ2n) is 3.78. The van der Waals surface area contributed by atoms with E-state index in [1.54, 1.807) is 35.2 Å². The number of aryl methyl sites for hydroxylation is 1. The third kappa shape index (κ3) is 4.25. The number of carbonyl (C=O) groups is 1. The van der Waals surface area contributed by atoms with Gasteiger partial charge in [0.2, 0.25) is 0 Å². The summed E-state index contributed by atoms with van der Waals surface area (Å²) < 4.78 is 6.58. The van der Waals surface area contributed by atoms with Gasteiger partial charge >= 0.3 is 5.97 Å². The fourth-order valence-electron chi connectivity index (χ4n) is 1.38. The molecule has 2 aromatic rings. The minimum Gasteiger partial charge on any atom is -0.493 e. The summed E-state index contributed by atoms with van der Waals surface area (Å²) in [6.45, 7) is 2.54. The minimum atomic E-state index is -0.929. The Morgan fingerprint density at radius 3 is 2.74 bits per heavy atom. The second kappa shape index (κ2) is 6.58. The Balaban J connectivity index is 1.75. The minimum absolute atomic E-state index is 0.264. The summed E-state index contributed by atoms with van der Waals surface area (Å²) in [4.78, 5) is 15.0. The van der Waals surface area contributed by atoms with Crippen LogP contribution in [-0.4, -0.2) is 28.4 Å². The molecular formula is C13H13NO3S2. The van der Waals surface area contributed by atoms with Gasteiger partial charge in [-0.2, -0.15) is 0 Å². The Bertz CT molecular complexity index is 551. The van der Waals surface area contributed by atoms with E-state index >= 15 is 0 Å². The molecule has 100 valence electrons. The summed E-state index contributed by atoms with van der Waals surface area (Å²) in [7, 11) is 0. The van der Waals surface area contributed by atoms with E-state index in [1.165, 1.54) is 12.1 Å². The number of carboxylic acids is 1. The van der Waals surface area contributed by atoms with Crippen LogP contribution in [0.5, 0.6) is 5.75 Å². The average Bonchev–Trinajstić information content (AvgIpc) is 2.81. The van der Waals surface area contributed by atoms with Crippen LogP contribution in [0.25, 0.3) is 0 Å². The molecule has 0 atom stereocenters. The van der Waals surface area contributed by atoms with E-state index in [0.717, 1.165) is 15.8 Å². The molecule has 19 heavy (non-hydrogen) atoms. The molecule has 1 aromatic heterocycles. The first-order valence-corrected chi connectivity index (χ1v) is 7.53. The van der Waals surface area contributed by atoms with E-state index in [-0.39, 0.29) is 5.56 Å². The Hall–Kier alpha value is -1.53. The van der Waals surface area contributed by atoms with Gasteiger partial charge in [0.1, 0.15) is 10.1 Å². The molecule has 1 aromatic carbocycles. The lowest BCUT2D eigenvalue weighted by atomic mass is 10.2. The maximum atomic E-state index is 10.7. The molecular weight excluding hydrogens is 282 g/mol. The highest BCUT2D eigenvalue weighted by atomic mass is 32.2. The van der Waals surface area contributed by atoms with Crippen LogP contribution in [-0.2, 0) is 0 Å². The number of rotatable bonds is 6. The van der Waals surface area contributed by atoms with Gasteiger partial charge in [-0.1, -0.05) is 11.8 Å². The van der Waals surface area contributed by atoms with Gasteiger partial charge in [-0.25, -0.2) is 9.78 Å². The van der Waals surface area contributed by atoms with Crippen LogP contribution in [0.1, 0.15) is 16.1 Å². The molecule has 0 amide bonds. The summed E-state index contributed by atoms with van der Waals surface area (Å²) in [6, 6.07) is 6.41. The van der Waals surface area contributed by atoms with E-state index in [0.29, 0.717) is 12.4 Å². The van der Waals surface area contributed by atoms with Crippen LogP contribution in [0.3, 0.4) is 0 Å². The molecule has 0 radical (unpaired) electrons. The van der Waals surface area contributed by atoms with Crippen molar-refractivity contribution < 1.29 is 14.6 Å². The Morgan fingerprint density at radius 2 is 2.16 bits per heavy atom.